The summed E-state index contributed by atoms with van der Waals surface area (Å²) in [5, 5.41) is 0. The molecule has 1 aromatic carbocycles. The van der Waals surface area contributed by atoms with Crippen LogP contribution in [0.3, 0.4) is 0 Å². The Morgan fingerprint density at radius 1 is 0.724 bits per heavy atom. The Morgan fingerprint density at radius 2 is 1.34 bits per heavy atom. The molecule has 0 aliphatic rings. The minimum Gasteiger partial charge on any atom is -0.297 e. The molecule has 0 fully saturated rings. The first kappa shape index (κ1) is 22.1. The Morgan fingerprint density at radius 3 is 2.03 bits per heavy atom. The highest BCUT2D eigenvalue weighted by atomic mass is 32.1. The van der Waals surface area contributed by atoms with Crippen molar-refractivity contribution in [2.45, 2.75) is 97.3 Å². The molecule has 158 valence electrons. The quantitative estimate of drug-likeness (QED) is 0.244. The van der Waals surface area contributed by atoms with Gasteiger partial charge in [-0.2, -0.15) is 0 Å². The number of unbranched alkanes of at least 4 members (excludes halogenated alkanes) is 9. The lowest BCUT2D eigenvalue weighted by molar-refractivity contribution is 0.589. The fourth-order valence-corrected chi connectivity index (χ4v) is 4.95. The van der Waals surface area contributed by atoms with E-state index in [4.69, 9.17) is 4.98 Å². The minimum absolute atomic E-state index is 1.09. The van der Waals surface area contributed by atoms with Crippen molar-refractivity contribution in [2.75, 3.05) is 0 Å². The zero-order valence-corrected chi connectivity index (χ0v) is 19.3. The zero-order chi connectivity index (χ0) is 20.3. The summed E-state index contributed by atoms with van der Waals surface area (Å²) >= 11 is 1.85. The fourth-order valence-electron chi connectivity index (χ4n) is 3.95. The second-order valence-corrected chi connectivity index (χ2v) is 9.49. The molecule has 0 spiro atoms. The van der Waals surface area contributed by atoms with Crippen LogP contribution in [-0.2, 0) is 12.8 Å². The Bertz CT molecular complexity index is 797. The highest BCUT2D eigenvalue weighted by Gasteiger charge is 2.08. The van der Waals surface area contributed by atoms with E-state index in [2.05, 4.69) is 54.9 Å². The monoisotopic (exact) mass is 410 g/mol. The maximum Gasteiger partial charge on any atom is 0.194 e. The third-order valence-electron chi connectivity index (χ3n) is 5.80. The maximum atomic E-state index is 4.87. The Labute approximate surface area is 181 Å². The molecule has 0 amide bonds. The number of rotatable bonds is 14. The van der Waals surface area contributed by atoms with E-state index in [1.807, 2.05) is 11.3 Å². The van der Waals surface area contributed by atoms with E-state index in [1.54, 1.807) is 0 Å². The molecule has 2 heterocycles. The summed E-state index contributed by atoms with van der Waals surface area (Å²) < 4.78 is 2.21. The summed E-state index contributed by atoms with van der Waals surface area (Å²) in [5.74, 6) is 0. The third-order valence-corrected chi connectivity index (χ3v) is 6.86. The summed E-state index contributed by atoms with van der Waals surface area (Å²) in [4.78, 5) is 7.45. The topological polar surface area (TPSA) is 17.3 Å². The molecule has 2 nitrogen and oxygen atoms in total. The number of thiazole rings is 1. The second kappa shape index (κ2) is 12.2. The smallest absolute Gasteiger partial charge is 0.194 e. The van der Waals surface area contributed by atoms with E-state index in [1.165, 1.54) is 99.5 Å². The van der Waals surface area contributed by atoms with Crippen LogP contribution < -0.4 is 0 Å². The average Bonchev–Trinajstić information content (AvgIpc) is 3.30. The van der Waals surface area contributed by atoms with E-state index < -0.39 is 0 Å². The van der Waals surface area contributed by atoms with Crippen LogP contribution in [-0.4, -0.2) is 9.38 Å². The van der Waals surface area contributed by atoms with Crippen LogP contribution in [0.2, 0.25) is 0 Å². The van der Waals surface area contributed by atoms with Crippen molar-refractivity contribution >= 4 is 16.3 Å². The van der Waals surface area contributed by atoms with E-state index in [0.29, 0.717) is 0 Å². The minimum atomic E-state index is 1.09. The predicted octanol–water partition coefficient (Wildman–Crippen LogP) is 8.48. The van der Waals surface area contributed by atoms with Gasteiger partial charge >= 0.3 is 0 Å². The number of benzene rings is 1. The summed E-state index contributed by atoms with van der Waals surface area (Å²) in [6.07, 6.45) is 21.8. The molecule has 0 saturated heterocycles. The van der Waals surface area contributed by atoms with Gasteiger partial charge in [0.05, 0.1) is 5.69 Å². The van der Waals surface area contributed by atoms with Crippen molar-refractivity contribution in [1.82, 2.24) is 9.38 Å². The van der Waals surface area contributed by atoms with Gasteiger partial charge in [-0.25, -0.2) is 4.98 Å². The lowest BCUT2D eigenvalue weighted by Crippen LogP contribution is -1.87. The van der Waals surface area contributed by atoms with Gasteiger partial charge in [-0.1, -0.05) is 95.9 Å². The van der Waals surface area contributed by atoms with Crippen molar-refractivity contribution in [3.63, 3.8) is 0 Å². The van der Waals surface area contributed by atoms with Gasteiger partial charge in [0.25, 0.3) is 0 Å². The lowest BCUT2D eigenvalue weighted by atomic mass is 10.0. The summed E-state index contributed by atoms with van der Waals surface area (Å²) in [7, 11) is 0. The maximum absolute atomic E-state index is 4.87. The van der Waals surface area contributed by atoms with Crippen molar-refractivity contribution in [3.8, 4) is 11.3 Å². The molecule has 0 aliphatic heterocycles. The molecule has 0 bridgehead atoms. The average molecular weight is 411 g/mol. The molecule has 3 heteroatoms. The molecule has 0 unspecified atom stereocenters. The Kier molecular flexibility index (Phi) is 9.27. The Balaban J connectivity index is 1.46. The van der Waals surface area contributed by atoms with Gasteiger partial charge in [-0.3, -0.25) is 4.40 Å². The third kappa shape index (κ3) is 6.99. The largest absolute Gasteiger partial charge is 0.297 e. The normalized spacial score (nSPS) is 11.5. The molecular weight excluding hydrogens is 372 g/mol. The first-order valence-corrected chi connectivity index (χ1v) is 12.7. The fraction of sp³-hybridized carbons (Fsp3) is 0.577. The van der Waals surface area contributed by atoms with E-state index >= 15 is 0 Å². The number of aromatic nitrogens is 2. The number of fused-ring (bicyclic) bond motifs is 1. The van der Waals surface area contributed by atoms with Gasteiger partial charge in [0.1, 0.15) is 0 Å². The molecule has 0 aliphatic carbocycles. The van der Waals surface area contributed by atoms with Crippen molar-refractivity contribution in [3.05, 3.63) is 47.1 Å². The van der Waals surface area contributed by atoms with Crippen LogP contribution in [0, 0.1) is 0 Å². The second-order valence-electron chi connectivity index (χ2n) is 8.39. The van der Waals surface area contributed by atoms with Crippen LogP contribution in [0.4, 0.5) is 0 Å². The molecule has 29 heavy (non-hydrogen) atoms. The van der Waals surface area contributed by atoms with Crippen LogP contribution in [0.5, 0.6) is 0 Å². The molecule has 0 radical (unpaired) electrons. The van der Waals surface area contributed by atoms with Gasteiger partial charge in [-0.05, 0) is 31.2 Å². The van der Waals surface area contributed by atoms with Crippen LogP contribution in [0.15, 0.2) is 36.7 Å². The van der Waals surface area contributed by atoms with Gasteiger partial charge in [0, 0.05) is 22.8 Å². The lowest BCUT2D eigenvalue weighted by Gasteiger charge is -2.03. The number of aryl methyl sites for hydroxylation is 2. The van der Waals surface area contributed by atoms with Crippen LogP contribution >= 0.6 is 11.3 Å². The molecule has 0 saturated carbocycles. The van der Waals surface area contributed by atoms with Gasteiger partial charge < -0.3 is 0 Å². The summed E-state index contributed by atoms with van der Waals surface area (Å²) in [6, 6.07) is 9.07. The van der Waals surface area contributed by atoms with Crippen LogP contribution in [0.1, 0.15) is 94.9 Å². The van der Waals surface area contributed by atoms with Crippen LogP contribution in [0.25, 0.3) is 16.2 Å². The van der Waals surface area contributed by atoms with Gasteiger partial charge in [0.15, 0.2) is 4.96 Å². The van der Waals surface area contributed by atoms with Crippen molar-refractivity contribution in [2.24, 2.45) is 0 Å². The Hall–Kier alpha value is -1.61. The number of imidazole rings is 1. The summed E-state index contributed by atoms with van der Waals surface area (Å²) in [5.41, 5.74) is 3.78. The van der Waals surface area contributed by atoms with E-state index in [9.17, 15) is 0 Å². The van der Waals surface area contributed by atoms with Crippen molar-refractivity contribution < 1.29 is 0 Å². The molecule has 3 aromatic rings. The number of hydrogen-bond donors (Lipinski definition) is 0. The molecule has 3 rings (SSSR count). The molecular formula is C26H38N2S. The number of hydrogen-bond acceptors (Lipinski definition) is 2. The molecule has 2 aromatic heterocycles. The SMILES string of the molecule is CCCCCCCCCc1ccc(-c2cn3cc(CCCCCC)sc3n2)cc1. The van der Waals surface area contributed by atoms with E-state index in [-0.39, 0.29) is 0 Å². The first-order chi connectivity index (χ1) is 14.3. The van der Waals surface area contributed by atoms with E-state index in [0.717, 1.165) is 10.7 Å². The standard InChI is InChI=1S/C26H38N2S/c1-3-5-7-9-10-11-12-14-22-16-18-23(19-17-22)25-21-28-20-24(29-26(28)27-25)15-13-8-6-4-2/h16-21H,3-15H2,1-2H3. The number of nitrogens with zero attached hydrogens (tertiary/aromatic N) is 2. The van der Waals surface area contributed by atoms with Gasteiger partial charge in [0.2, 0.25) is 0 Å². The highest BCUT2D eigenvalue weighted by Crippen LogP contribution is 2.25. The molecule has 0 N–H and O–H groups in total. The molecule has 0 atom stereocenters. The van der Waals surface area contributed by atoms with Crippen molar-refractivity contribution in [1.29, 1.82) is 0 Å². The summed E-state index contributed by atoms with van der Waals surface area (Å²) in [6.45, 7) is 4.55. The van der Waals surface area contributed by atoms with Gasteiger partial charge in [-0.15, -0.1) is 11.3 Å². The highest BCUT2D eigenvalue weighted by molar-refractivity contribution is 7.17. The zero-order valence-electron chi connectivity index (χ0n) is 18.5. The predicted molar refractivity (Wildman–Crippen MR) is 128 cm³/mol. The first-order valence-electron chi connectivity index (χ1n) is 11.9.